The Morgan fingerprint density at radius 3 is 2.86 bits per heavy atom. The number of nitrogens with zero attached hydrogens (tertiary/aromatic N) is 1. The summed E-state index contributed by atoms with van der Waals surface area (Å²) >= 11 is 0. The highest BCUT2D eigenvalue weighted by Crippen LogP contribution is 2.36. The van der Waals surface area contributed by atoms with Crippen LogP contribution in [0.3, 0.4) is 0 Å². The van der Waals surface area contributed by atoms with E-state index < -0.39 is 0 Å². The number of hydrogen-bond donors (Lipinski definition) is 1. The summed E-state index contributed by atoms with van der Waals surface area (Å²) in [6.45, 7) is 2.07. The molecule has 0 fully saturated rings. The van der Waals surface area contributed by atoms with Crippen LogP contribution in [0.15, 0.2) is 42.5 Å². The van der Waals surface area contributed by atoms with Gasteiger partial charge in [0.15, 0.2) is 0 Å². The van der Waals surface area contributed by atoms with Crippen molar-refractivity contribution in [2.24, 2.45) is 0 Å². The second-order valence-corrected chi connectivity index (χ2v) is 5.14. The number of benzene rings is 2. The van der Waals surface area contributed by atoms with Gasteiger partial charge in [0.1, 0.15) is 11.6 Å². The molecule has 0 saturated heterocycles. The van der Waals surface area contributed by atoms with E-state index in [-0.39, 0.29) is 5.82 Å². The topological polar surface area (TPSA) is 24.5 Å². The van der Waals surface area contributed by atoms with Crippen LogP contribution in [0, 0.1) is 5.82 Å². The van der Waals surface area contributed by atoms with Gasteiger partial charge in [-0.3, -0.25) is 0 Å². The molecule has 0 aliphatic carbocycles. The van der Waals surface area contributed by atoms with Crippen molar-refractivity contribution >= 4 is 11.4 Å². The largest absolute Gasteiger partial charge is 0.491 e. The Balaban J connectivity index is 2.00. The fourth-order valence-corrected chi connectivity index (χ4v) is 2.66. The first-order valence-electron chi connectivity index (χ1n) is 7.22. The molecule has 3 rings (SSSR count). The maximum atomic E-state index is 14.5. The van der Waals surface area contributed by atoms with Crippen LogP contribution in [0.25, 0.3) is 0 Å². The van der Waals surface area contributed by atoms with E-state index in [4.69, 9.17) is 4.74 Å². The number of fused-ring (bicyclic) bond motifs is 1. The van der Waals surface area contributed by atoms with Crippen molar-refractivity contribution in [1.29, 1.82) is 0 Å². The smallest absolute Gasteiger partial charge is 0.147 e. The van der Waals surface area contributed by atoms with Gasteiger partial charge in [-0.25, -0.2) is 4.39 Å². The Hall–Kier alpha value is -2.07. The van der Waals surface area contributed by atoms with E-state index in [1.54, 1.807) is 6.07 Å². The standard InChI is InChI=1S/C17H19FN2O/c1-19-12-13-7-8-15(14(18)11-13)20-9-4-10-21-17-6-3-2-5-16(17)20/h2-3,5-8,11,19H,4,9-10,12H2,1H3. The highest BCUT2D eigenvalue weighted by Gasteiger charge is 2.20. The number of halogens is 1. The average molecular weight is 286 g/mol. The zero-order valence-corrected chi connectivity index (χ0v) is 12.1. The Kier molecular flexibility index (Phi) is 4.06. The van der Waals surface area contributed by atoms with Gasteiger partial charge in [-0.15, -0.1) is 0 Å². The first-order chi connectivity index (χ1) is 10.3. The van der Waals surface area contributed by atoms with Crippen molar-refractivity contribution in [3.8, 4) is 5.75 Å². The molecule has 2 aromatic carbocycles. The van der Waals surface area contributed by atoms with Crippen LogP contribution >= 0.6 is 0 Å². The van der Waals surface area contributed by atoms with Crippen LogP contribution in [0.2, 0.25) is 0 Å². The van der Waals surface area contributed by atoms with Gasteiger partial charge in [-0.1, -0.05) is 18.2 Å². The first kappa shape index (κ1) is 13.9. The molecule has 21 heavy (non-hydrogen) atoms. The summed E-state index contributed by atoms with van der Waals surface area (Å²) in [5.41, 5.74) is 2.47. The molecule has 1 aliphatic heterocycles. The molecule has 0 unspecified atom stereocenters. The van der Waals surface area contributed by atoms with Crippen molar-refractivity contribution < 1.29 is 9.13 Å². The summed E-state index contributed by atoms with van der Waals surface area (Å²) in [6.07, 6.45) is 0.867. The van der Waals surface area contributed by atoms with Gasteiger partial charge in [0.25, 0.3) is 0 Å². The lowest BCUT2D eigenvalue weighted by atomic mass is 10.1. The van der Waals surface area contributed by atoms with Gasteiger partial charge in [0.05, 0.1) is 18.0 Å². The molecule has 1 heterocycles. The van der Waals surface area contributed by atoms with Crippen LogP contribution in [0.4, 0.5) is 15.8 Å². The van der Waals surface area contributed by atoms with Crippen LogP contribution in [-0.2, 0) is 6.54 Å². The second kappa shape index (κ2) is 6.14. The quantitative estimate of drug-likeness (QED) is 0.935. The van der Waals surface area contributed by atoms with Crippen LogP contribution in [-0.4, -0.2) is 20.2 Å². The maximum Gasteiger partial charge on any atom is 0.147 e. The average Bonchev–Trinajstić information content (AvgIpc) is 2.70. The SMILES string of the molecule is CNCc1ccc(N2CCCOc3ccccc32)c(F)c1. The minimum atomic E-state index is -0.195. The highest BCUT2D eigenvalue weighted by atomic mass is 19.1. The van der Waals surface area contributed by atoms with Crippen molar-refractivity contribution in [1.82, 2.24) is 5.32 Å². The Bertz CT molecular complexity index is 630. The van der Waals surface area contributed by atoms with Crippen LogP contribution in [0.1, 0.15) is 12.0 Å². The Morgan fingerprint density at radius 1 is 1.19 bits per heavy atom. The van der Waals surface area contributed by atoms with Gasteiger partial charge in [-0.2, -0.15) is 0 Å². The third-order valence-corrected chi connectivity index (χ3v) is 3.62. The van der Waals surface area contributed by atoms with E-state index in [9.17, 15) is 4.39 Å². The predicted octanol–water partition coefficient (Wildman–Crippen LogP) is 3.47. The number of hydrogen-bond acceptors (Lipinski definition) is 3. The number of para-hydroxylation sites is 2. The van der Waals surface area contributed by atoms with Crippen molar-refractivity contribution in [3.05, 3.63) is 53.8 Å². The molecule has 1 aliphatic rings. The normalized spacial score (nSPS) is 14.3. The monoisotopic (exact) mass is 286 g/mol. The highest BCUT2D eigenvalue weighted by molar-refractivity contribution is 5.70. The third kappa shape index (κ3) is 2.85. The number of rotatable bonds is 3. The van der Waals surface area contributed by atoms with E-state index in [1.165, 1.54) is 0 Å². The summed E-state index contributed by atoms with van der Waals surface area (Å²) < 4.78 is 20.2. The summed E-state index contributed by atoms with van der Waals surface area (Å²) in [7, 11) is 1.86. The molecule has 3 nitrogen and oxygen atoms in total. The zero-order chi connectivity index (χ0) is 14.7. The first-order valence-corrected chi connectivity index (χ1v) is 7.22. The molecule has 0 aromatic heterocycles. The molecule has 0 spiro atoms. The fourth-order valence-electron chi connectivity index (χ4n) is 2.66. The van der Waals surface area contributed by atoms with Crippen LogP contribution < -0.4 is 15.0 Å². The molecule has 0 radical (unpaired) electrons. The van der Waals surface area contributed by atoms with Crippen molar-refractivity contribution in [2.75, 3.05) is 25.1 Å². The molecule has 4 heteroatoms. The van der Waals surface area contributed by atoms with Gasteiger partial charge >= 0.3 is 0 Å². The van der Waals surface area contributed by atoms with Gasteiger partial charge in [0, 0.05) is 13.1 Å². The molecular formula is C17H19FN2O. The van der Waals surface area contributed by atoms with E-state index in [0.717, 1.165) is 30.0 Å². The third-order valence-electron chi connectivity index (χ3n) is 3.62. The lowest BCUT2D eigenvalue weighted by Gasteiger charge is -2.24. The van der Waals surface area contributed by atoms with Gasteiger partial charge < -0.3 is 15.0 Å². The molecule has 110 valence electrons. The molecule has 2 aromatic rings. The molecule has 1 N–H and O–H groups in total. The fraction of sp³-hybridized carbons (Fsp3) is 0.294. The van der Waals surface area contributed by atoms with Crippen molar-refractivity contribution in [3.63, 3.8) is 0 Å². The van der Waals surface area contributed by atoms with E-state index in [0.29, 0.717) is 18.8 Å². The van der Waals surface area contributed by atoms with Crippen molar-refractivity contribution in [2.45, 2.75) is 13.0 Å². The zero-order valence-electron chi connectivity index (χ0n) is 12.1. The molecule has 0 amide bonds. The minimum absolute atomic E-state index is 0.195. The summed E-state index contributed by atoms with van der Waals surface area (Å²) in [6, 6.07) is 13.2. The maximum absolute atomic E-state index is 14.5. The Morgan fingerprint density at radius 2 is 2.05 bits per heavy atom. The molecule has 0 bridgehead atoms. The number of ether oxygens (including phenoxy) is 1. The van der Waals surface area contributed by atoms with E-state index in [1.807, 2.05) is 48.3 Å². The van der Waals surface area contributed by atoms with Gasteiger partial charge in [0.2, 0.25) is 0 Å². The summed E-state index contributed by atoms with van der Waals surface area (Å²) in [5.74, 6) is 0.619. The lowest BCUT2D eigenvalue weighted by Crippen LogP contribution is -2.19. The summed E-state index contributed by atoms with van der Waals surface area (Å²) in [4.78, 5) is 2.00. The number of anilines is 2. The summed E-state index contributed by atoms with van der Waals surface area (Å²) in [5, 5.41) is 3.04. The molecular weight excluding hydrogens is 267 g/mol. The predicted molar refractivity (Wildman–Crippen MR) is 82.7 cm³/mol. The number of nitrogens with one attached hydrogen (secondary N) is 1. The minimum Gasteiger partial charge on any atom is -0.491 e. The van der Waals surface area contributed by atoms with E-state index in [2.05, 4.69) is 5.32 Å². The van der Waals surface area contributed by atoms with E-state index >= 15 is 0 Å². The second-order valence-electron chi connectivity index (χ2n) is 5.14. The lowest BCUT2D eigenvalue weighted by molar-refractivity contribution is 0.322. The molecule has 0 atom stereocenters. The Labute approximate surface area is 124 Å². The molecule has 0 saturated carbocycles. The van der Waals surface area contributed by atoms with Gasteiger partial charge in [-0.05, 0) is 43.3 Å². The van der Waals surface area contributed by atoms with Crippen LogP contribution in [0.5, 0.6) is 5.75 Å².